The number of carbonyl (C=O) groups excluding carboxylic acids is 1. The molecule has 4 rings (SSSR count). The summed E-state index contributed by atoms with van der Waals surface area (Å²) in [5.41, 5.74) is 1.72. The van der Waals surface area contributed by atoms with Gasteiger partial charge in [0.15, 0.2) is 16.9 Å². The van der Waals surface area contributed by atoms with Crippen molar-refractivity contribution in [1.29, 1.82) is 0 Å². The lowest BCUT2D eigenvalue weighted by Gasteiger charge is -2.08. The average molecular weight is 391 g/mol. The number of carbonyl (C=O) groups is 1. The van der Waals surface area contributed by atoms with Crippen molar-refractivity contribution in [3.05, 3.63) is 80.8 Å². The third kappa shape index (κ3) is 2.67. The number of allylic oxidation sites excluding steroid dienone is 1. The number of Topliss-reactive ketones (excluding diaryl/α,β-unsaturated/α-hetero) is 1. The van der Waals surface area contributed by atoms with E-state index in [4.69, 9.17) is 0 Å². The number of aryl methyl sites for hydroxylation is 2. The van der Waals surface area contributed by atoms with Crippen LogP contribution < -0.4 is 11.2 Å². The summed E-state index contributed by atoms with van der Waals surface area (Å²) < 4.78 is 5.98. The molecule has 0 aliphatic rings. The highest BCUT2D eigenvalue weighted by Gasteiger charge is 2.23. The van der Waals surface area contributed by atoms with Crippen LogP contribution >= 0.6 is 0 Å². The van der Waals surface area contributed by atoms with E-state index in [0.29, 0.717) is 23.5 Å². The van der Waals surface area contributed by atoms with Crippen molar-refractivity contribution >= 4 is 22.7 Å². The van der Waals surface area contributed by atoms with Crippen LogP contribution in [0.25, 0.3) is 16.9 Å². The Morgan fingerprint density at radius 3 is 2.45 bits per heavy atom. The Morgan fingerprint density at radius 2 is 1.79 bits per heavy atom. The molecule has 0 fully saturated rings. The molecular weight excluding hydrogens is 370 g/mol. The summed E-state index contributed by atoms with van der Waals surface area (Å²) >= 11 is 0. The summed E-state index contributed by atoms with van der Waals surface area (Å²) in [5.74, 6) is 0.260. The molecule has 0 radical (unpaired) electrons. The number of benzene rings is 1. The predicted octanol–water partition coefficient (Wildman–Crippen LogP) is 1.84. The molecule has 0 N–H and O–H groups in total. The number of ketones is 1. The van der Waals surface area contributed by atoms with Crippen molar-refractivity contribution in [3.63, 3.8) is 0 Å². The number of rotatable bonds is 5. The topological polar surface area (TPSA) is 83.3 Å². The molecule has 0 atom stereocenters. The van der Waals surface area contributed by atoms with Crippen molar-refractivity contribution in [2.45, 2.75) is 26.9 Å². The van der Waals surface area contributed by atoms with Gasteiger partial charge in [-0.2, -0.15) is 4.98 Å². The van der Waals surface area contributed by atoms with Crippen LogP contribution in [0.2, 0.25) is 0 Å². The van der Waals surface area contributed by atoms with Gasteiger partial charge in [0.25, 0.3) is 5.56 Å². The number of hydrogen-bond donors (Lipinski definition) is 0. The van der Waals surface area contributed by atoms with Gasteiger partial charge < -0.3 is 4.57 Å². The van der Waals surface area contributed by atoms with Crippen LogP contribution in [-0.4, -0.2) is 28.9 Å². The molecule has 4 aromatic rings. The minimum absolute atomic E-state index is 0.284. The summed E-state index contributed by atoms with van der Waals surface area (Å²) in [7, 11) is 1.56. The fraction of sp³-hybridized carbons (Fsp3) is 0.238. The van der Waals surface area contributed by atoms with Crippen LogP contribution in [0.5, 0.6) is 0 Å². The van der Waals surface area contributed by atoms with Crippen LogP contribution in [0, 0.1) is 13.8 Å². The maximum atomic E-state index is 13.3. The Bertz CT molecular complexity index is 1400. The lowest BCUT2D eigenvalue weighted by molar-refractivity contribution is 0.0969. The minimum atomic E-state index is -0.572. The second-order valence-corrected chi connectivity index (χ2v) is 7.01. The molecule has 0 saturated carbocycles. The normalized spacial score (nSPS) is 11.4. The van der Waals surface area contributed by atoms with Crippen LogP contribution in [0.4, 0.5) is 0 Å². The first-order chi connectivity index (χ1) is 13.9. The SMILES string of the molecule is C=CCn1c(C)c(C)n2c3c(=O)n(CC(=O)c4ccccc4)c(=O)n(C)c3nc12. The Balaban J connectivity index is 2.00. The maximum absolute atomic E-state index is 13.3. The molecular formula is C21H21N5O3. The highest BCUT2D eigenvalue weighted by Crippen LogP contribution is 2.20. The third-order valence-corrected chi connectivity index (χ3v) is 5.34. The lowest BCUT2D eigenvalue weighted by Crippen LogP contribution is -2.41. The second kappa shape index (κ2) is 6.73. The monoisotopic (exact) mass is 391 g/mol. The molecule has 3 aromatic heterocycles. The minimum Gasteiger partial charge on any atom is -0.310 e. The summed E-state index contributed by atoms with van der Waals surface area (Å²) in [6.45, 7) is 7.81. The smallest absolute Gasteiger partial charge is 0.310 e. The van der Waals surface area contributed by atoms with Crippen LogP contribution in [0.3, 0.4) is 0 Å². The number of fused-ring (bicyclic) bond motifs is 3. The molecule has 0 spiro atoms. The van der Waals surface area contributed by atoms with Gasteiger partial charge in [-0.25, -0.2) is 4.79 Å². The fourth-order valence-corrected chi connectivity index (χ4v) is 3.66. The Labute approximate surface area is 166 Å². The molecule has 8 nitrogen and oxygen atoms in total. The summed E-state index contributed by atoms with van der Waals surface area (Å²) in [4.78, 5) is 43.3. The quantitative estimate of drug-likeness (QED) is 0.384. The molecule has 0 unspecified atom stereocenters. The highest BCUT2D eigenvalue weighted by molar-refractivity contribution is 5.96. The highest BCUT2D eigenvalue weighted by atomic mass is 16.2. The van der Waals surface area contributed by atoms with E-state index in [1.165, 1.54) is 4.57 Å². The molecule has 0 bridgehead atoms. The van der Waals surface area contributed by atoms with E-state index in [9.17, 15) is 14.4 Å². The lowest BCUT2D eigenvalue weighted by atomic mass is 10.1. The Morgan fingerprint density at radius 1 is 1.10 bits per heavy atom. The molecule has 0 saturated heterocycles. The van der Waals surface area contributed by atoms with Crippen LogP contribution in [0.15, 0.2) is 52.6 Å². The Kier molecular flexibility index (Phi) is 4.34. The van der Waals surface area contributed by atoms with Gasteiger partial charge in [-0.3, -0.25) is 23.1 Å². The van der Waals surface area contributed by atoms with E-state index in [-0.39, 0.29) is 17.8 Å². The molecule has 0 amide bonds. The first-order valence-electron chi connectivity index (χ1n) is 9.23. The number of nitrogens with zero attached hydrogens (tertiary/aromatic N) is 5. The van der Waals surface area contributed by atoms with Crippen LogP contribution in [0.1, 0.15) is 21.7 Å². The van der Waals surface area contributed by atoms with Crippen molar-refractivity contribution in [2.75, 3.05) is 0 Å². The van der Waals surface area contributed by atoms with E-state index in [0.717, 1.165) is 16.0 Å². The summed E-state index contributed by atoms with van der Waals surface area (Å²) in [5, 5.41) is 0. The van der Waals surface area contributed by atoms with Gasteiger partial charge in [0, 0.05) is 30.5 Å². The predicted molar refractivity (Wildman–Crippen MR) is 111 cm³/mol. The van der Waals surface area contributed by atoms with Crippen LogP contribution in [-0.2, 0) is 20.1 Å². The van der Waals surface area contributed by atoms with Crippen molar-refractivity contribution in [2.24, 2.45) is 7.05 Å². The Hall–Kier alpha value is -3.68. The van der Waals surface area contributed by atoms with E-state index in [1.807, 2.05) is 18.4 Å². The van der Waals surface area contributed by atoms with Gasteiger partial charge in [-0.15, -0.1) is 6.58 Å². The molecule has 0 aliphatic heterocycles. The molecule has 3 heterocycles. The maximum Gasteiger partial charge on any atom is 0.332 e. The number of hydrogen-bond acceptors (Lipinski definition) is 4. The van der Waals surface area contributed by atoms with Crippen molar-refractivity contribution in [1.82, 2.24) is 23.1 Å². The molecule has 1 aromatic carbocycles. The molecule has 0 aliphatic carbocycles. The van der Waals surface area contributed by atoms with Gasteiger partial charge in [-0.1, -0.05) is 36.4 Å². The molecule has 148 valence electrons. The van der Waals surface area contributed by atoms with Gasteiger partial charge in [0.2, 0.25) is 5.78 Å². The van der Waals surface area contributed by atoms with E-state index >= 15 is 0 Å². The van der Waals surface area contributed by atoms with E-state index in [2.05, 4.69) is 11.6 Å². The average Bonchev–Trinajstić information content (AvgIpc) is 3.22. The largest absolute Gasteiger partial charge is 0.332 e. The third-order valence-electron chi connectivity index (χ3n) is 5.34. The van der Waals surface area contributed by atoms with Crippen molar-refractivity contribution in [3.8, 4) is 0 Å². The molecule has 29 heavy (non-hydrogen) atoms. The summed E-state index contributed by atoms with van der Waals surface area (Å²) in [6.07, 6.45) is 1.75. The zero-order valence-corrected chi connectivity index (χ0v) is 16.5. The zero-order valence-electron chi connectivity index (χ0n) is 16.5. The number of imidazole rings is 2. The first kappa shape index (κ1) is 18.7. The number of aromatic nitrogens is 5. The first-order valence-corrected chi connectivity index (χ1v) is 9.23. The van der Waals surface area contributed by atoms with Crippen molar-refractivity contribution < 1.29 is 4.79 Å². The van der Waals surface area contributed by atoms with Gasteiger partial charge in [0.1, 0.15) is 0 Å². The summed E-state index contributed by atoms with van der Waals surface area (Å²) in [6, 6.07) is 8.61. The van der Waals surface area contributed by atoms with E-state index in [1.54, 1.807) is 47.9 Å². The second-order valence-electron chi connectivity index (χ2n) is 7.01. The fourth-order valence-electron chi connectivity index (χ4n) is 3.66. The van der Waals surface area contributed by atoms with Gasteiger partial charge >= 0.3 is 5.69 Å². The van der Waals surface area contributed by atoms with Gasteiger partial charge in [0.05, 0.1) is 6.54 Å². The molecule has 8 heteroatoms. The zero-order chi connectivity index (χ0) is 20.9. The standard InChI is InChI=1S/C21H21N5O3/c1-5-11-24-13(2)14(3)26-17-18(22-20(24)26)23(4)21(29)25(19(17)28)12-16(27)15-9-7-6-8-10-15/h5-10H,1,11-12H2,2-4H3. The van der Waals surface area contributed by atoms with Gasteiger partial charge in [-0.05, 0) is 13.8 Å². The van der Waals surface area contributed by atoms with E-state index < -0.39 is 11.2 Å².